The molecule has 1 N–H and O–H groups in total. The summed E-state index contributed by atoms with van der Waals surface area (Å²) in [7, 11) is 0. The molecular weight excluding hydrogens is 324 g/mol. The first-order chi connectivity index (χ1) is 10.2. The van der Waals surface area contributed by atoms with Crippen LogP contribution in [0.3, 0.4) is 0 Å². The van der Waals surface area contributed by atoms with Crippen molar-refractivity contribution < 1.29 is 5.11 Å². The molecule has 0 bridgehead atoms. The van der Waals surface area contributed by atoms with Gasteiger partial charge in [0.1, 0.15) is 0 Å². The number of rotatable bonds is 3. The first-order valence-electron chi connectivity index (χ1n) is 8.65. The molecule has 2 heteroatoms. The molecule has 1 aromatic carbocycles. The van der Waals surface area contributed by atoms with Gasteiger partial charge in [0.25, 0.3) is 0 Å². The number of hydrogen-bond donors (Lipinski definition) is 1. The van der Waals surface area contributed by atoms with Crippen molar-refractivity contribution in [3.05, 3.63) is 34.3 Å². The van der Waals surface area contributed by atoms with E-state index in [-0.39, 0.29) is 0 Å². The van der Waals surface area contributed by atoms with Crippen molar-refractivity contribution in [3.63, 3.8) is 0 Å². The highest BCUT2D eigenvalue weighted by Gasteiger charge is 2.43. The summed E-state index contributed by atoms with van der Waals surface area (Å²) in [6.07, 6.45) is 12.3. The molecule has 1 aromatic rings. The van der Waals surface area contributed by atoms with Crippen molar-refractivity contribution in [2.24, 2.45) is 11.8 Å². The maximum Gasteiger partial charge on any atom is 0.0719 e. The molecule has 2 fully saturated rings. The maximum atomic E-state index is 11.4. The molecule has 116 valence electrons. The Hall–Kier alpha value is -0.340. The summed E-state index contributed by atoms with van der Waals surface area (Å²) in [6, 6.07) is 8.39. The molecular formula is C19H27BrO. The van der Waals surface area contributed by atoms with E-state index in [9.17, 15) is 5.11 Å². The second-order valence-electron chi connectivity index (χ2n) is 7.12. The third-order valence-corrected chi connectivity index (χ3v) is 6.51. The molecule has 0 amide bonds. The van der Waals surface area contributed by atoms with E-state index in [0.29, 0.717) is 5.92 Å². The fourth-order valence-electron chi connectivity index (χ4n) is 4.65. The molecule has 1 nitrogen and oxygen atoms in total. The number of halogens is 1. The largest absolute Gasteiger partial charge is 0.389 e. The second-order valence-corrected chi connectivity index (χ2v) is 7.98. The normalized spacial score (nSPS) is 31.2. The molecule has 2 atom stereocenters. The van der Waals surface area contributed by atoms with E-state index in [2.05, 4.69) is 40.2 Å². The van der Waals surface area contributed by atoms with Crippen LogP contribution in [0.15, 0.2) is 28.7 Å². The lowest BCUT2D eigenvalue weighted by Crippen LogP contribution is -2.46. The summed E-state index contributed by atoms with van der Waals surface area (Å²) >= 11 is 3.65. The summed E-state index contributed by atoms with van der Waals surface area (Å²) in [6.45, 7) is 0. The van der Waals surface area contributed by atoms with Gasteiger partial charge in [-0.15, -0.1) is 0 Å². The standard InChI is InChI=1S/C19H27BrO/c20-18-12-5-4-10-16(18)14-19(21)13-7-6-11-17(19)15-8-2-1-3-9-15/h4-5,10,12,15,17,21H,1-3,6-9,11,13-14H2. The molecule has 2 saturated carbocycles. The van der Waals surface area contributed by atoms with Gasteiger partial charge in [-0.3, -0.25) is 0 Å². The van der Waals surface area contributed by atoms with Crippen LogP contribution in [-0.2, 0) is 6.42 Å². The van der Waals surface area contributed by atoms with Crippen LogP contribution in [-0.4, -0.2) is 10.7 Å². The van der Waals surface area contributed by atoms with Crippen molar-refractivity contribution in [2.45, 2.75) is 69.8 Å². The van der Waals surface area contributed by atoms with E-state index in [1.54, 1.807) is 0 Å². The zero-order valence-corrected chi connectivity index (χ0v) is 14.4. The Morgan fingerprint density at radius 3 is 2.48 bits per heavy atom. The van der Waals surface area contributed by atoms with Gasteiger partial charge in [0.05, 0.1) is 5.60 Å². The highest BCUT2D eigenvalue weighted by molar-refractivity contribution is 9.10. The maximum absolute atomic E-state index is 11.4. The Labute approximate surface area is 137 Å². The van der Waals surface area contributed by atoms with Crippen LogP contribution in [0.5, 0.6) is 0 Å². The minimum absolute atomic E-state index is 0.482. The van der Waals surface area contributed by atoms with E-state index < -0.39 is 5.60 Å². The molecule has 0 spiro atoms. The monoisotopic (exact) mass is 350 g/mol. The average Bonchev–Trinajstić information content (AvgIpc) is 2.51. The van der Waals surface area contributed by atoms with Gasteiger partial charge in [-0.25, -0.2) is 0 Å². The van der Waals surface area contributed by atoms with Gasteiger partial charge >= 0.3 is 0 Å². The van der Waals surface area contributed by atoms with Gasteiger partial charge in [0.2, 0.25) is 0 Å². The van der Waals surface area contributed by atoms with Gasteiger partial charge < -0.3 is 5.11 Å². The van der Waals surface area contributed by atoms with Gasteiger partial charge in [0, 0.05) is 10.9 Å². The van der Waals surface area contributed by atoms with E-state index in [4.69, 9.17) is 0 Å². The lowest BCUT2D eigenvalue weighted by Gasteiger charge is -2.45. The zero-order chi connectivity index (χ0) is 14.7. The van der Waals surface area contributed by atoms with Gasteiger partial charge in [-0.05, 0) is 36.3 Å². The second kappa shape index (κ2) is 6.83. The van der Waals surface area contributed by atoms with Crippen molar-refractivity contribution in [1.29, 1.82) is 0 Å². The summed E-state index contributed by atoms with van der Waals surface area (Å²) in [5, 5.41) is 11.4. The molecule has 21 heavy (non-hydrogen) atoms. The Morgan fingerprint density at radius 1 is 1.00 bits per heavy atom. The van der Waals surface area contributed by atoms with Crippen LogP contribution in [0.25, 0.3) is 0 Å². The highest BCUT2D eigenvalue weighted by atomic mass is 79.9. The first kappa shape index (κ1) is 15.6. The lowest BCUT2D eigenvalue weighted by molar-refractivity contribution is -0.0767. The summed E-state index contributed by atoms with van der Waals surface area (Å²) < 4.78 is 1.14. The van der Waals surface area contributed by atoms with Crippen molar-refractivity contribution in [2.75, 3.05) is 0 Å². The van der Waals surface area contributed by atoms with Crippen molar-refractivity contribution in [3.8, 4) is 0 Å². The third kappa shape index (κ3) is 3.53. The van der Waals surface area contributed by atoms with E-state index in [1.165, 1.54) is 56.9 Å². The molecule has 2 aliphatic rings. The smallest absolute Gasteiger partial charge is 0.0719 e. The molecule has 0 aromatic heterocycles. The summed E-state index contributed by atoms with van der Waals surface area (Å²) in [5.41, 5.74) is 0.784. The molecule has 3 rings (SSSR count). The van der Waals surface area contributed by atoms with Gasteiger partial charge in [-0.1, -0.05) is 79.1 Å². The molecule has 0 heterocycles. The molecule has 0 radical (unpaired) electrons. The Morgan fingerprint density at radius 2 is 1.71 bits per heavy atom. The van der Waals surface area contributed by atoms with Crippen molar-refractivity contribution >= 4 is 15.9 Å². The lowest BCUT2D eigenvalue weighted by atomic mass is 9.64. The van der Waals surface area contributed by atoms with Gasteiger partial charge in [-0.2, -0.15) is 0 Å². The molecule has 2 unspecified atom stereocenters. The number of hydrogen-bond acceptors (Lipinski definition) is 1. The minimum Gasteiger partial charge on any atom is -0.389 e. The van der Waals surface area contributed by atoms with Gasteiger partial charge in [0.15, 0.2) is 0 Å². The van der Waals surface area contributed by atoms with Crippen LogP contribution in [0.1, 0.15) is 63.4 Å². The summed E-state index contributed by atoms with van der Waals surface area (Å²) in [5.74, 6) is 1.27. The Kier molecular flexibility index (Phi) is 5.06. The van der Waals surface area contributed by atoms with E-state index in [0.717, 1.165) is 23.2 Å². The van der Waals surface area contributed by atoms with E-state index >= 15 is 0 Å². The predicted octanol–water partition coefficient (Wildman–Crippen LogP) is 5.49. The quantitative estimate of drug-likeness (QED) is 0.763. The SMILES string of the molecule is OC1(Cc2ccccc2Br)CCCCC1C1CCCCC1. The minimum atomic E-state index is -0.482. The first-order valence-corrected chi connectivity index (χ1v) is 9.44. The van der Waals surface area contributed by atoms with Crippen LogP contribution in [0.2, 0.25) is 0 Å². The third-order valence-electron chi connectivity index (χ3n) is 5.74. The van der Waals surface area contributed by atoms with Crippen LogP contribution >= 0.6 is 15.9 Å². The fraction of sp³-hybridized carbons (Fsp3) is 0.684. The highest BCUT2D eigenvalue weighted by Crippen LogP contribution is 2.45. The van der Waals surface area contributed by atoms with E-state index in [1.807, 2.05) is 0 Å². The average molecular weight is 351 g/mol. The Bertz CT molecular complexity index is 466. The topological polar surface area (TPSA) is 20.2 Å². The number of benzene rings is 1. The Balaban J connectivity index is 1.79. The summed E-state index contributed by atoms with van der Waals surface area (Å²) in [4.78, 5) is 0. The van der Waals surface area contributed by atoms with Crippen LogP contribution in [0, 0.1) is 11.8 Å². The van der Waals surface area contributed by atoms with Crippen LogP contribution in [0.4, 0.5) is 0 Å². The molecule has 2 aliphatic carbocycles. The zero-order valence-electron chi connectivity index (χ0n) is 12.9. The van der Waals surface area contributed by atoms with Crippen molar-refractivity contribution in [1.82, 2.24) is 0 Å². The molecule has 0 saturated heterocycles. The number of aliphatic hydroxyl groups is 1. The van der Waals surface area contributed by atoms with Crippen LogP contribution < -0.4 is 0 Å². The fourth-order valence-corrected chi connectivity index (χ4v) is 5.08. The molecule has 0 aliphatic heterocycles. The predicted molar refractivity (Wildman–Crippen MR) is 91.3 cm³/mol.